The number of hydrogen-bond donors (Lipinski definition) is 1. The maximum absolute atomic E-state index is 5.69. The SMILES string of the molecule is NC(=S)CC1CCCC2(C1)OCCO2. The molecule has 2 rings (SSSR count). The maximum atomic E-state index is 5.69. The fraction of sp³-hybridized carbons (Fsp3) is 0.900. The van der Waals surface area contributed by atoms with Gasteiger partial charge in [-0.15, -0.1) is 0 Å². The molecule has 1 saturated carbocycles. The minimum Gasteiger partial charge on any atom is -0.393 e. The third-order valence-corrected chi connectivity index (χ3v) is 3.24. The van der Waals surface area contributed by atoms with E-state index in [0.29, 0.717) is 10.9 Å². The molecule has 0 aromatic carbocycles. The topological polar surface area (TPSA) is 44.5 Å². The van der Waals surface area contributed by atoms with Gasteiger partial charge in [-0.2, -0.15) is 0 Å². The fourth-order valence-corrected chi connectivity index (χ4v) is 2.76. The minimum absolute atomic E-state index is 0.284. The Morgan fingerprint density at radius 3 is 2.79 bits per heavy atom. The summed E-state index contributed by atoms with van der Waals surface area (Å²) in [7, 11) is 0. The second-order valence-electron chi connectivity index (χ2n) is 4.24. The highest BCUT2D eigenvalue weighted by Crippen LogP contribution is 2.39. The molecule has 2 N–H and O–H groups in total. The summed E-state index contributed by atoms with van der Waals surface area (Å²) >= 11 is 4.94. The lowest BCUT2D eigenvalue weighted by Crippen LogP contribution is -2.37. The highest BCUT2D eigenvalue weighted by Gasteiger charge is 2.41. The Morgan fingerprint density at radius 2 is 2.14 bits per heavy atom. The van der Waals surface area contributed by atoms with E-state index >= 15 is 0 Å². The third-order valence-electron chi connectivity index (χ3n) is 3.07. The molecule has 1 aliphatic heterocycles. The van der Waals surface area contributed by atoms with Gasteiger partial charge in [0.2, 0.25) is 0 Å². The summed E-state index contributed by atoms with van der Waals surface area (Å²) in [5.41, 5.74) is 5.56. The summed E-state index contributed by atoms with van der Waals surface area (Å²) in [6.45, 7) is 1.47. The zero-order valence-corrected chi connectivity index (χ0v) is 9.15. The van der Waals surface area contributed by atoms with Crippen molar-refractivity contribution in [1.29, 1.82) is 0 Å². The van der Waals surface area contributed by atoms with E-state index in [1.807, 2.05) is 0 Å². The van der Waals surface area contributed by atoms with Crippen LogP contribution >= 0.6 is 12.2 Å². The summed E-state index contributed by atoms with van der Waals surface area (Å²) in [6.07, 6.45) is 5.19. The van der Waals surface area contributed by atoms with E-state index in [1.165, 1.54) is 6.42 Å². The van der Waals surface area contributed by atoms with Gasteiger partial charge in [0.1, 0.15) is 0 Å². The molecular formula is C10H17NO2S. The molecule has 2 fully saturated rings. The molecule has 0 amide bonds. The van der Waals surface area contributed by atoms with Crippen molar-refractivity contribution in [3.8, 4) is 0 Å². The van der Waals surface area contributed by atoms with Gasteiger partial charge in [-0.3, -0.25) is 0 Å². The molecule has 1 aliphatic carbocycles. The first-order valence-corrected chi connectivity index (χ1v) is 5.67. The predicted octanol–water partition coefficient (Wildman–Crippen LogP) is 1.60. The van der Waals surface area contributed by atoms with Crippen molar-refractivity contribution < 1.29 is 9.47 Å². The maximum Gasteiger partial charge on any atom is 0.168 e. The summed E-state index contributed by atoms with van der Waals surface area (Å²) in [6, 6.07) is 0. The van der Waals surface area contributed by atoms with Crippen LogP contribution in [0.4, 0.5) is 0 Å². The van der Waals surface area contributed by atoms with Crippen LogP contribution < -0.4 is 5.73 Å². The van der Waals surface area contributed by atoms with Crippen LogP contribution in [0.2, 0.25) is 0 Å². The van der Waals surface area contributed by atoms with Crippen LogP contribution in [-0.2, 0) is 9.47 Å². The fourth-order valence-electron chi connectivity index (χ4n) is 2.52. The molecular weight excluding hydrogens is 198 g/mol. The molecule has 0 aromatic rings. The Kier molecular flexibility index (Phi) is 3.04. The van der Waals surface area contributed by atoms with Crippen LogP contribution in [0.25, 0.3) is 0 Å². The Bertz CT molecular complexity index is 226. The highest BCUT2D eigenvalue weighted by atomic mass is 32.1. The van der Waals surface area contributed by atoms with Gasteiger partial charge in [-0.25, -0.2) is 0 Å². The predicted molar refractivity (Wildman–Crippen MR) is 58.0 cm³/mol. The molecule has 2 aliphatic rings. The summed E-state index contributed by atoms with van der Waals surface area (Å²) in [4.78, 5) is 0.616. The number of rotatable bonds is 2. The lowest BCUT2D eigenvalue weighted by molar-refractivity contribution is -0.186. The van der Waals surface area contributed by atoms with E-state index in [2.05, 4.69) is 0 Å². The van der Waals surface area contributed by atoms with Gasteiger partial charge >= 0.3 is 0 Å². The second kappa shape index (κ2) is 4.13. The van der Waals surface area contributed by atoms with Crippen molar-refractivity contribution in [2.45, 2.75) is 37.9 Å². The Hall–Kier alpha value is -0.190. The van der Waals surface area contributed by atoms with E-state index in [0.717, 1.165) is 38.9 Å². The zero-order chi connectivity index (χ0) is 10.0. The van der Waals surface area contributed by atoms with Crippen LogP contribution in [0.5, 0.6) is 0 Å². The monoisotopic (exact) mass is 215 g/mol. The average molecular weight is 215 g/mol. The molecule has 1 heterocycles. The van der Waals surface area contributed by atoms with Gasteiger partial charge < -0.3 is 15.2 Å². The molecule has 0 bridgehead atoms. The second-order valence-corrected chi connectivity index (χ2v) is 4.76. The first-order valence-electron chi connectivity index (χ1n) is 5.26. The van der Waals surface area contributed by atoms with E-state index in [9.17, 15) is 0 Å². The van der Waals surface area contributed by atoms with E-state index < -0.39 is 0 Å². The van der Waals surface area contributed by atoms with Crippen molar-refractivity contribution in [1.82, 2.24) is 0 Å². The van der Waals surface area contributed by atoms with Gasteiger partial charge in [0.25, 0.3) is 0 Å². The molecule has 3 nitrogen and oxygen atoms in total. The first-order chi connectivity index (χ1) is 6.70. The van der Waals surface area contributed by atoms with Gasteiger partial charge in [-0.05, 0) is 18.8 Å². The molecule has 80 valence electrons. The Morgan fingerprint density at radius 1 is 1.43 bits per heavy atom. The molecule has 4 heteroatoms. The number of ether oxygens (including phenoxy) is 2. The average Bonchev–Trinajstić information content (AvgIpc) is 2.52. The van der Waals surface area contributed by atoms with Crippen LogP contribution in [-0.4, -0.2) is 24.0 Å². The van der Waals surface area contributed by atoms with Gasteiger partial charge in [0, 0.05) is 19.3 Å². The Balaban J connectivity index is 1.93. The van der Waals surface area contributed by atoms with Crippen molar-refractivity contribution >= 4 is 17.2 Å². The van der Waals surface area contributed by atoms with E-state index in [1.54, 1.807) is 0 Å². The van der Waals surface area contributed by atoms with Crippen molar-refractivity contribution in [2.75, 3.05) is 13.2 Å². The van der Waals surface area contributed by atoms with Gasteiger partial charge in [0.15, 0.2) is 5.79 Å². The third kappa shape index (κ3) is 2.24. The van der Waals surface area contributed by atoms with Crippen LogP contribution in [0, 0.1) is 5.92 Å². The number of thiocarbonyl (C=S) groups is 1. The quantitative estimate of drug-likeness (QED) is 0.711. The normalized spacial score (nSPS) is 30.7. The van der Waals surface area contributed by atoms with Gasteiger partial charge in [0.05, 0.1) is 18.2 Å². The lowest BCUT2D eigenvalue weighted by atomic mass is 9.83. The van der Waals surface area contributed by atoms with Crippen LogP contribution in [0.3, 0.4) is 0 Å². The summed E-state index contributed by atoms with van der Waals surface area (Å²) in [5.74, 6) is 0.271. The molecule has 0 radical (unpaired) electrons. The smallest absolute Gasteiger partial charge is 0.168 e. The molecule has 0 aromatic heterocycles. The van der Waals surface area contributed by atoms with Crippen LogP contribution in [0.15, 0.2) is 0 Å². The summed E-state index contributed by atoms with van der Waals surface area (Å²) in [5, 5.41) is 0. The minimum atomic E-state index is -0.284. The van der Waals surface area contributed by atoms with Crippen LogP contribution in [0.1, 0.15) is 32.1 Å². The Labute approximate surface area is 89.9 Å². The number of hydrogen-bond acceptors (Lipinski definition) is 3. The van der Waals surface area contributed by atoms with E-state index in [-0.39, 0.29) is 5.79 Å². The van der Waals surface area contributed by atoms with Crippen molar-refractivity contribution in [3.63, 3.8) is 0 Å². The molecule has 1 spiro atoms. The number of nitrogens with two attached hydrogens (primary N) is 1. The largest absolute Gasteiger partial charge is 0.393 e. The molecule has 14 heavy (non-hydrogen) atoms. The molecule has 1 atom stereocenters. The standard InChI is InChI=1S/C10H17NO2S/c11-9(14)6-8-2-1-3-10(7-8)12-4-5-13-10/h8H,1-7H2,(H2,11,14). The highest BCUT2D eigenvalue weighted by molar-refractivity contribution is 7.80. The van der Waals surface area contributed by atoms with Crippen molar-refractivity contribution in [2.24, 2.45) is 11.7 Å². The molecule has 1 unspecified atom stereocenters. The first kappa shape index (κ1) is 10.3. The molecule has 1 saturated heterocycles. The van der Waals surface area contributed by atoms with Crippen molar-refractivity contribution in [3.05, 3.63) is 0 Å². The zero-order valence-electron chi connectivity index (χ0n) is 8.33. The van der Waals surface area contributed by atoms with Gasteiger partial charge in [-0.1, -0.05) is 12.2 Å². The lowest BCUT2D eigenvalue weighted by Gasteiger charge is -2.36. The summed E-state index contributed by atoms with van der Waals surface area (Å²) < 4.78 is 11.4. The van der Waals surface area contributed by atoms with E-state index in [4.69, 9.17) is 27.4 Å².